The Hall–Kier alpha value is -0.870. The molecule has 0 heterocycles. The van der Waals surface area contributed by atoms with Crippen LogP contribution in [-0.2, 0) is 5.41 Å². The summed E-state index contributed by atoms with van der Waals surface area (Å²) in [5, 5.41) is 9.69. The van der Waals surface area contributed by atoms with Crippen molar-refractivity contribution in [2.75, 3.05) is 6.54 Å². The van der Waals surface area contributed by atoms with E-state index in [1.165, 1.54) is 18.2 Å². The predicted octanol–water partition coefficient (Wildman–Crippen LogP) is 2.28. The molecule has 15 heavy (non-hydrogen) atoms. The van der Waals surface area contributed by atoms with Gasteiger partial charge in [0, 0.05) is 18.5 Å². The van der Waals surface area contributed by atoms with Crippen molar-refractivity contribution in [2.45, 2.75) is 17.8 Å². The van der Waals surface area contributed by atoms with Gasteiger partial charge in [-0.2, -0.15) is 0 Å². The number of alkyl halides is 2. The molecule has 1 aromatic rings. The van der Waals surface area contributed by atoms with Crippen molar-refractivity contribution in [2.24, 2.45) is 5.73 Å². The second-order valence-electron chi connectivity index (χ2n) is 3.80. The lowest BCUT2D eigenvalue weighted by Crippen LogP contribution is -2.26. The van der Waals surface area contributed by atoms with Gasteiger partial charge in [0.15, 0.2) is 0 Å². The van der Waals surface area contributed by atoms with E-state index in [-0.39, 0.29) is 29.3 Å². The molecule has 0 bridgehead atoms. The highest BCUT2D eigenvalue weighted by Crippen LogP contribution is 2.62. The summed E-state index contributed by atoms with van der Waals surface area (Å²) in [5.41, 5.74) is 4.07. The number of benzene rings is 1. The number of phenols is 1. The minimum atomic E-state index is -2.84. The van der Waals surface area contributed by atoms with Crippen LogP contribution in [0.3, 0.4) is 0 Å². The van der Waals surface area contributed by atoms with Crippen molar-refractivity contribution in [3.05, 3.63) is 28.8 Å². The molecule has 0 aromatic heterocycles. The summed E-state index contributed by atoms with van der Waals surface area (Å²) >= 11 is 5.66. The molecule has 2 rings (SSSR count). The minimum absolute atomic E-state index is 0.0722. The first-order chi connectivity index (χ1) is 6.94. The van der Waals surface area contributed by atoms with E-state index in [2.05, 4.69) is 0 Å². The molecular formula is C10H10ClF2NO. The van der Waals surface area contributed by atoms with Crippen molar-refractivity contribution in [1.82, 2.24) is 0 Å². The zero-order chi connectivity index (χ0) is 11.3. The lowest BCUT2D eigenvalue weighted by molar-refractivity contribution is 0.0889. The molecule has 1 aromatic carbocycles. The van der Waals surface area contributed by atoms with Crippen molar-refractivity contribution in [3.8, 4) is 5.75 Å². The zero-order valence-corrected chi connectivity index (χ0v) is 8.56. The van der Waals surface area contributed by atoms with Gasteiger partial charge in [-0.3, -0.25) is 0 Å². The maximum atomic E-state index is 13.2. The van der Waals surface area contributed by atoms with Gasteiger partial charge in [0.25, 0.3) is 5.92 Å². The highest BCUT2D eigenvalue weighted by atomic mass is 35.5. The molecule has 0 spiro atoms. The second kappa shape index (κ2) is 3.06. The summed E-state index contributed by atoms with van der Waals surface area (Å²) in [7, 11) is 0. The van der Waals surface area contributed by atoms with Crippen LogP contribution in [0.1, 0.15) is 12.0 Å². The van der Waals surface area contributed by atoms with Gasteiger partial charge in [-0.15, -0.1) is 0 Å². The predicted molar refractivity (Wildman–Crippen MR) is 53.4 cm³/mol. The van der Waals surface area contributed by atoms with Crippen molar-refractivity contribution < 1.29 is 13.9 Å². The minimum Gasteiger partial charge on any atom is -0.506 e. The molecule has 0 aliphatic heterocycles. The molecule has 0 amide bonds. The number of nitrogens with two attached hydrogens (primary N) is 1. The number of halogens is 3. The molecule has 1 saturated carbocycles. The highest BCUT2D eigenvalue weighted by molar-refractivity contribution is 6.32. The maximum absolute atomic E-state index is 13.2. The van der Waals surface area contributed by atoms with Crippen LogP contribution in [0.25, 0.3) is 0 Å². The van der Waals surface area contributed by atoms with Crippen LogP contribution in [0.4, 0.5) is 8.78 Å². The van der Waals surface area contributed by atoms with Crippen LogP contribution in [0.15, 0.2) is 18.2 Å². The Kier molecular flexibility index (Phi) is 2.17. The average Bonchev–Trinajstić information content (AvgIpc) is 2.74. The van der Waals surface area contributed by atoms with Gasteiger partial charge in [0.05, 0.1) is 10.4 Å². The van der Waals surface area contributed by atoms with E-state index in [1.807, 2.05) is 0 Å². The zero-order valence-electron chi connectivity index (χ0n) is 7.80. The first-order valence-corrected chi connectivity index (χ1v) is 4.88. The summed E-state index contributed by atoms with van der Waals surface area (Å²) in [6, 6.07) is 4.42. The Balaban J connectivity index is 2.51. The van der Waals surface area contributed by atoms with Gasteiger partial charge in [-0.1, -0.05) is 23.7 Å². The fourth-order valence-electron chi connectivity index (χ4n) is 1.86. The number of hydrogen-bond acceptors (Lipinski definition) is 2. The van der Waals surface area contributed by atoms with E-state index < -0.39 is 11.3 Å². The SMILES string of the molecule is NCC1(c2cccc(Cl)c2O)CC1(F)F. The largest absolute Gasteiger partial charge is 0.506 e. The topological polar surface area (TPSA) is 46.2 Å². The molecular weight excluding hydrogens is 224 g/mol. The van der Waals surface area contributed by atoms with Gasteiger partial charge in [-0.25, -0.2) is 8.78 Å². The van der Waals surface area contributed by atoms with E-state index in [9.17, 15) is 13.9 Å². The summed E-state index contributed by atoms with van der Waals surface area (Å²) in [6.45, 7) is -0.200. The summed E-state index contributed by atoms with van der Waals surface area (Å²) < 4.78 is 26.4. The van der Waals surface area contributed by atoms with Crippen LogP contribution in [0.2, 0.25) is 5.02 Å². The smallest absolute Gasteiger partial charge is 0.260 e. The van der Waals surface area contributed by atoms with Crippen LogP contribution in [0.5, 0.6) is 5.75 Å². The maximum Gasteiger partial charge on any atom is 0.260 e. The Morgan fingerprint density at radius 2 is 2.07 bits per heavy atom. The lowest BCUT2D eigenvalue weighted by atomic mass is 9.94. The summed E-state index contributed by atoms with van der Waals surface area (Å²) in [6.07, 6.45) is -0.329. The Labute approximate surface area is 90.7 Å². The van der Waals surface area contributed by atoms with E-state index in [0.29, 0.717) is 0 Å². The van der Waals surface area contributed by atoms with Gasteiger partial charge in [-0.05, 0) is 6.07 Å². The first kappa shape index (κ1) is 10.6. The van der Waals surface area contributed by atoms with Gasteiger partial charge < -0.3 is 10.8 Å². The fourth-order valence-corrected chi connectivity index (χ4v) is 2.03. The number of aromatic hydroxyl groups is 1. The van der Waals surface area contributed by atoms with E-state index >= 15 is 0 Å². The third kappa shape index (κ3) is 1.32. The van der Waals surface area contributed by atoms with Gasteiger partial charge in [0.1, 0.15) is 5.75 Å². The molecule has 5 heteroatoms. The molecule has 82 valence electrons. The Morgan fingerprint density at radius 3 is 2.53 bits per heavy atom. The van der Waals surface area contributed by atoms with E-state index in [4.69, 9.17) is 17.3 Å². The number of hydrogen-bond donors (Lipinski definition) is 2. The van der Waals surface area contributed by atoms with Crippen LogP contribution in [0, 0.1) is 0 Å². The van der Waals surface area contributed by atoms with Gasteiger partial charge >= 0.3 is 0 Å². The molecule has 2 nitrogen and oxygen atoms in total. The number of para-hydroxylation sites is 1. The Morgan fingerprint density at radius 1 is 1.47 bits per heavy atom. The quantitative estimate of drug-likeness (QED) is 0.823. The van der Waals surface area contributed by atoms with Crippen LogP contribution >= 0.6 is 11.6 Å². The molecule has 0 saturated heterocycles. The fraction of sp³-hybridized carbons (Fsp3) is 0.400. The van der Waals surface area contributed by atoms with Crippen molar-refractivity contribution >= 4 is 11.6 Å². The molecule has 1 fully saturated rings. The first-order valence-electron chi connectivity index (χ1n) is 4.50. The monoisotopic (exact) mass is 233 g/mol. The second-order valence-corrected chi connectivity index (χ2v) is 4.21. The summed E-state index contributed by atoms with van der Waals surface area (Å²) in [5.74, 6) is -3.13. The molecule has 0 radical (unpaired) electrons. The third-order valence-corrected chi connectivity index (χ3v) is 3.25. The number of rotatable bonds is 2. The van der Waals surface area contributed by atoms with Crippen molar-refractivity contribution in [1.29, 1.82) is 0 Å². The highest BCUT2D eigenvalue weighted by Gasteiger charge is 2.71. The standard InChI is InChI=1S/C10H10ClF2NO/c11-7-3-1-2-6(8(7)15)9(5-14)4-10(9,12)13/h1-3,15H,4-5,14H2. The summed E-state index contributed by atoms with van der Waals surface area (Å²) in [4.78, 5) is 0. The molecule has 1 unspecified atom stereocenters. The molecule has 3 N–H and O–H groups in total. The van der Waals surface area contributed by atoms with Gasteiger partial charge in [0.2, 0.25) is 0 Å². The molecule has 1 atom stereocenters. The lowest BCUT2D eigenvalue weighted by Gasteiger charge is -2.16. The molecule has 1 aliphatic carbocycles. The molecule has 1 aliphatic rings. The van der Waals surface area contributed by atoms with Crippen LogP contribution in [-0.4, -0.2) is 17.6 Å². The average molecular weight is 234 g/mol. The Bertz CT molecular complexity index is 410. The van der Waals surface area contributed by atoms with E-state index in [0.717, 1.165) is 0 Å². The van der Waals surface area contributed by atoms with E-state index in [1.54, 1.807) is 0 Å². The normalized spacial score (nSPS) is 27.7. The van der Waals surface area contributed by atoms with Crippen molar-refractivity contribution in [3.63, 3.8) is 0 Å². The number of phenolic OH excluding ortho intramolecular Hbond substituents is 1. The third-order valence-electron chi connectivity index (χ3n) is 2.95. The van der Waals surface area contributed by atoms with Crippen LogP contribution < -0.4 is 5.73 Å².